The molecule has 0 aliphatic carbocycles. The van der Waals surface area contributed by atoms with Crippen molar-refractivity contribution in [2.24, 2.45) is 5.73 Å². The smallest absolute Gasteiger partial charge is 0.243 e. The fourth-order valence-corrected chi connectivity index (χ4v) is 3.61. The number of aromatic nitrogens is 2. The molecular weight excluding hydrogens is 374 g/mol. The van der Waals surface area contributed by atoms with E-state index < -0.39 is 5.91 Å². The Bertz CT molecular complexity index is 860. The number of nitrogens with zero attached hydrogens (tertiary/aromatic N) is 3. The molecule has 1 amide bonds. The monoisotopic (exact) mass is 399 g/mol. The average Bonchev–Trinajstić information content (AvgIpc) is 3.30. The van der Waals surface area contributed by atoms with Gasteiger partial charge in [-0.1, -0.05) is 12.1 Å². The standard InChI is InChI=1S/C20H25N5O4/c1-25(2)13-5-3-12(4-6-13)14-7-8-22-20(23-14)24-15-9-28-19-16(10-29-18(15)19)27-11-17(21)26/h3-8,15-16,18-19H,9-11H2,1-2H3,(H2,21,26)(H,22,23,24)/t15-,16-,18-,19+/m1/s1. The maximum Gasteiger partial charge on any atom is 0.243 e. The lowest BCUT2D eigenvalue weighted by atomic mass is 10.1. The molecule has 154 valence electrons. The molecule has 2 aliphatic heterocycles. The number of amides is 1. The number of hydrogen-bond donors (Lipinski definition) is 2. The lowest BCUT2D eigenvalue weighted by molar-refractivity contribution is -0.126. The SMILES string of the molecule is CN(C)c1ccc(-c2ccnc(N[C@@H]3CO[C@@H]4[C@@H]3OC[C@H]4OCC(N)=O)n2)cc1. The number of fused-ring (bicyclic) bond motifs is 1. The van der Waals surface area contributed by atoms with Crippen molar-refractivity contribution in [3.63, 3.8) is 0 Å². The third-order valence-corrected chi connectivity index (χ3v) is 5.10. The highest BCUT2D eigenvalue weighted by molar-refractivity contribution is 5.75. The highest BCUT2D eigenvalue weighted by Gasteiger charge is 2.48. The second-order valence-corrected chi connectivity index (χ2v) is 7.37. The van der Waals surface area contributed by atoms with Gasteiger partial charge in [0.1, 0.15) is 24.9 Å². The molecule has 3 heterocycles. The van der Waals surface area contributed by atoms with Crippen LogP contribution in [-0.4, -0.2) is 74.1 Å². The molecule has 4 atom stereocenters. The second-order valence-electron chi connectivity index (χ2n) is 7.37. The average molecular weight is 399 g/mol. The van der Waals surface area contributed by atoms with Crippen LogP contribution in [0.3, 0.4) is 0 Å². The van der Waals surface area contributed by atoms with Crippen LogP contribution in [0.2, 0.25) is 0 Å². The van der Waals surface area contributed by atoms with Gasteiger partial charge in [-0.05, 0) is 18.2 Å². The number of hydrogen-bond acceptors (Lipinski definition) is 8. The summed E-state index contributed by atoms with van der Waals surface area (Å²) in [5.74, 6) is 0.00323. The number of primary amides is 1. The first-order valence-corrected chi connectivity index (χ1v) is 9.52. The van der Waals surface area contributed by atoms with Gasteiger partial charge in [-0.15, -0.1) is 0 Å². The predicted molar refractivity (Wildman–Crippen MR) is 108 cm³/mol. The predicted octanol–water partition coefficient (Wildman–Crippen LogP) is 0.658. The lowest BCUT2D eigenvalue weighted by Crippen LogP contribution is -2.37. The Hall–Kier alpha value is -2.75. The van der Waals surface area contributed by atoms with E-state index in [1.165, 1.54) is 0 Å². The zero-order valence-electron chi connectivity index (χ0n) is 16.4. The van der Waals surface area contributed by atoms with Gasteiger partial charge in [0.2, 0.25) is 11.9 Å². The number of nitrogens with one attached hydrogen (secondary N) is 1. The van der Waals surface area contributed by atoms with Crippen LogP contribution in [0.4, 0.5) is 11.6 Å². The van der Waals surface area contributed by atoms with Gasteiger partial charge in [0.05, 0.1) is 24.9 Å². The summed E-state index contributed by atoms with van der Waals surface area (Å²) in [6.07, 6.45) is 0.987. The highest BCUT2D eigenvalue weighted by Crippen LogP contribution is 2.30. The van der Waals surface area contributed by atoms with Crippen molar-refractivity contribution in [2.75, 3.05) is 44.1 Å². The summed E-state index contributed by atoms with van der Waals surface area (Å²) in [5.41, 5.74) is 8.12. The van der Waals surface area contributed by atoms with E-state index in [-0.39, 0.29) is 31.0 Å². The number of rotatable bonds is 7. The van der Waals surface area contributed by atoms with Crippen molar-refractivity contribution in [2.45, 2.75) is 24.4 Å². The van der Waals surface area contributed by atoms with Crippen LogP contribution < -0.4 is 16.0 Å². The molecule has 1 aromatic heterocycles. The van der Waals surface area contributed by atoms with E-state index in [1.54, 1.807) is 6.20 Å². The molecule has 0 unspecified atom stereocenters. The molecule has 4 rings (SSSR count). The van der Waals surface area contributed by atoms with Gasteiger partial charge >= 0.3 is 0 Å². The van der Waals surface area contributed by atoms with Gasteiger partial charge in [-0.2, -0.15) is 0 Å². The molecule has 1 aromatic carbocycles. The molecule has 2 fully saturated rings. The number of anilines is 2. The minimum atomic E-state index is -0.509. The van der Waals surface area contributed by atoms with Crippen LogP contribution in [0.15, 0.2) is 36.5 Å². The summed E-state index contributed by atoms with van der Waals surface area (Å²) >= 11 is 0. The van der Waals surface area contributed by atoms with E-state index in [0.29, 0.717) is 19.2 Å². The van der Waals surface area contributed by atoms with Crippen LogP contribution in [0, 0.1) is 0 Å². The molecule has 0 bridgehead atoms. The maximum absolute atomic E-state index is 10.9. The number of benzene rings is 1. The summed E-state index contributed by atoms with van der Waals surface area (Å²) in [5, 5.41) is 3.31. The maximum atomic E-state index is 10.9. The van der Waals surface area contributed by atoms with E-state index in [2.05, 4.69) is 32.3 Å². The minimum Gasteiger partial charge on any atom is -0.378 e. The first-order chi connectivity index (χ1) is 14.0. The molecule has 2 aromatic rings. The summed E-state index contributed by atoms with van der Waals surface area (Å²) in [4.78, 5) is 22.0. The number of nitrogens with two attached hydrogens (primary N) is 1. The van der Waals surface area contributed by atoms with Crippen molar-refractivity contribution in [3.8, 4) is 11.3 Å². The molecule has 0 radical (unpaired) electrons. The largest absolute Gasteiger partial charge is 0.378 e. The Morgan fingerprint density at radius 2 is 1.97 bits per heavy atom. The topological polar surface area (TPSA) is 112 Å². The van der Waals surface area contributed by atoms with Gasteiger partial charge in [0, 0.05) is 31.5 Å². The molecule has 29 heavy (non-hydrogen) atoms. The lowest BCUT2D eigenvalue weighted by Gasteiger charge is -2.18. The van der Waals surface area contributed by atoms with Crippen LogP contribution in [0.25, 0.3) is 11.3 Å². The van der Waals surface area contributed by atoms with Gasteiger partial charge in [-0.3, -0.25) is 4.79 Å². The van der Waals surface area contributed by atoms with Crippen molar-refractivity contribution in [1.82, 2.24) is 9.97 Å². The number of carbonyl (C=O) groups is 1. The third-order valence-electron chi connectivity index (χ3n) is 5.10. The van der Waals surface area contributed by atoms with Gasteiger partial charge in [-0.25, -0.2) is 9.97 Å². The van der Waals surface area contributed by atoms with Crippen molar-refractivity contribution in [3.05, 3.63) is 36.5 Å². The van der Waals surface area contributed by atoms with E-state index in [9.17, 15) is 4.79 Å². The fraction of sp³-hybridized carbons (Fsp3) is 0.450. The quantitative estimate of drug-likeness (QED) is 0.698. The minimum absolute atomic E-state index is 0.103. The Kier molecular flexibility index (Phi) is 5.61. The fourth-order valence-electron chi connectivity index (χ4n) is 3.61. The van der Waals surface area contributed by atoms with Crippen LogP contribution >= 0.6 is 0 Å². The summed E-state index contributed by atoms with van der Waals surface area (Å²) in [6.45, 7) is 0.660. The normalized spacial score (nSPS) is 25.6. The van der Waals surface area contributed by atoms with E-state index in [0.717, 1.165) is 16.9 Å². The van der Waals surface area contributed by atoms with E-state index in [4.69, 9.17) is 19.9 Å². The zero-order valence-corrected chi connectivity index (χ0v) is 16.4. The van der Waals surface area contributed by atoms with Crippen LogP contribution in [0.1, 0.15) is 0 Å². The summed E-state index contributed by atoms with van der Waals surface area (Å²) < 4.78 is 17.2. The highest BCUT2D eigenvalue weighted by atomic mass is 16.6. The third kappa shape index (κ3) is 4.31. The van der Waals surface area contributed by atoms with Crippen molar-refractivity contribution in [1.29, 1.82) is 0 Å². The van der Waals surface area contributed by atoms with Gasteiger partial charge in [0.15, 0.2) is 0 Å². The Labute approximate surface area is 169 Å². The molecule has 3 N–H and O–H groups in total. The van der Waals surface area contributed by atoms with Crippen molar-refractivity contribution < 1.29 is 19.0 Å². The molecule has 2 aliphatic rings. The molecule has 9 heteroatoms. The Morgan fingerprint density at radius 3 is 2.69 bits per heavy atom. The number of ether oxygens (including phenoxy) is 3. The molecule has 9 nitrogen and oxygen atoms in total. The van der Waals surface area contributed by atoms with E-state index >= 15 is 0 Å². The van der Waals surface area contributed by atoms with E-state index in [1.807, 2.05) is 32.3 Å². The molecular formula is C20H25N5O4. The zero-order chi connectivity index (χ0) is 20.4. The Balaban J connectivity index is 1.42. The first kappa shape index (κ1) is 19.6. The summed E-state index contributed by atoms with van der Waals surface area (Å²) in [6, 6.07) is 9.96. The summed E-state index contributed by atoms with van der Waals surface area (Å²) in [7, 11) is 4.01. The second kappa shape index (κ2) is 8.32. The van der Waals surface area contributed by atoms with Crippen LogP contribution in [-0.2, 0) is 19.0 Å². The van der Waals surface area contributed by atoms with Gasteiger partial charge in [0.25, 0.3) is 0 Å². The van der Waals surface area contributed by atoms with Gasteiger partial charge < -0.3 is 30.2 Å². The molecule has 0 spiro atoms. The van der Waals surface area contributed by atoms with Crippen LogP contribution in [0.5, 0.6) is 0 Å². The molecule has 0 saturated carbocycles. The number of carbonyl (C=O) groups excluding carboxylic acids is 1. The van der Waals surface area contributed by atoms with Crippen molar-refractivity contribution >= 4 is 17.5 Å². The Morgan fingerprint density at radius 1 is 1.21 bits per heavy atom. The molecule has 2 saturated heterocycles. The first-order valence-electron chi connectivity index (χ1n) is 9.52.